The maximum absolute atomic E-state index is 12.8. The minimum atomic E-state index is -0.265. The molecule has 2 aromatic rings. The van der Waals surface area contributed by atoms with Gasteiger partial charge in [-0.25, -0.2) is 4.98 Å². The second-order valence-electron chi connectivity index (χ2n) is 6.24. The first-order chi connectivity index (χ1) is 12.1. The van der Waals surface area contributed by atoms with Gasteiger partial charge >= 0.3 is 0 Å². The van der Waals surface area contributed by atoms with Gasteiger partial charge in [-0.05, 0) is 31.2 Å². The highest BCUT2D eigenvalue weighted by atomic mass is 32.2. The molecule has 1 fully saturated rings. The molecule has 0 N–H and O–H groups in total. The number of carbonyl (C=O) groups is 1. The van der Waals surface area contributed by atoms with Gasteiger partial charge in [-0.15, -0.1) is 17.9 Å². The van der Waals surface area contributed by atoms with Crippen LogP contribution in [0.1, 0.15) is 32.6 Å². The summed E-state index contributed by atoms with van der Waals surface area (Å²) in [5.74, 6) is 0.137. The molecule has 3 heterocycles. The Hall–Kier alpha value is -1.60. The van der Waals surface area contributed by atoms with E-state index in [1.54, 1.807) is 16.7 Å². The molecule has 2 aromatic heterocycles. The Kier molecular flexibility index (Phi) is 5.96. The first-order valence-electron chi connectivity index (χ1n) is 8.66. The van der Waals surface area contributed by atoms with E-state index in [1.165, 1.54) is 35.9 Å². The lowest BCUT2D eigenvalue weighted by atomic mass is 10.2. The first-order valence-corrected chi connectivity index (χ1v) is 10.4. The van der Waals surface area contributed by atoms with Gasteiger partial charge in [0.15, 0.2) is 5.16 Å². The van der Waals surface area contributed by atoms with E-state index in [0.29, 0.717) is 17.1 Å². The van der Waals surface area contributed by atoms with Crippen LogP contribution in [0.4, 0.5) is 0 Å². The summed E-state index contributed by atoms with van der Waals surface area (Å²) in [7, 11) is 0. The number of hydrogen-bond acceptors (Lipinski definition) is 5. The zero-order valence-corrected chi connectivity index (χ0v) is 16.1. The van der Waals surface area contributed by atoms with E-state index in [4.69, 9.17) is 0 Å². The van der Waals surface area contributed by atoms with E-state index in [0.717, 1.165) is 30.8 Å². The highest BCUT2D eigenvalue weighted by molar-refractivity contribution is 8.00. The van der Waals surface area contributed by atoms with Crippen molar-refractivity contribution in [3.05, 3.63) is 34.5 Å². The van der Waals surface area contributed by atoms with Crippen LogP contribution in [-0.2, 0) is 11.3 Å². The summed E-state index contributed by atoms with van der Waals surface area (Å²) in [6, 6.07) is 1.80. The van der Waals surface area contributed by atoms with Gasteiger partial charge < -0.3 is 4.90 Å². The molecule has 0 aromatic carbocycles. The molecule has 0 saturated carbocycles. The number of hydrogen-bond donors (Lipinski definition) is 0. The highest BCUT2D eigenvalue weighted by Crippen LogP contribution is 2.26. The molecule has 0 aliphatic carbocycles. The predicted octanol–water partition coefficient (Wildman–Crippen LogP) is 3.53. The van der Waals surface area contributed by atoms with Gasteiger partial charge in [-0.2, -0.15) is 0 Å². The summed E-state index contributed by atoms with van der Waals surface area (Å²) in [5, 5.41) is 2.83. The molecule has 7 heteroatoms. The van der Waals surface area contributed by atoms with Gasteiger partial charge in [0.1, 0.15) is 4.83 Å². The van der Waals surface area contributed by atoms with Crippen LogP contribution in [-0.4, -0.2) is 38.7 Å². The van der Waals surface area contributed by atoms with E-state index in [1.807, 2.05) is 17.2 Å². The van der Waals surface area contributed by atoms with Crippen LogP contribution >= 0.6 is 23.1 Å². The highest BCUT2D eigenvalue weighted by Gasteiger charge is 2.24. The second kappa shape index (κ2) is 8.19. The Balaban J connectivity index is 1.85. The number of fused-ring (bicyclic) bond motifs is 1. The summed E-state index contributed by atoms with van der Waals surface area (Å²) in [4.78, 5) is 32.8. The number of thiophene rings is 1. The quantitative estimate of drug-likeness (QED) is 0.454. The average molecular weight is 378 g/mol. The van der Waals surface area contributed by atoms with Gasteiger partial charge in [-0.3, -0.25) is 14.2 Å². The number of carbonyl (C=O) groups excluding carboxylic acids is 1. The fraction of sp³-hybridized carbons (Fsp3) is 0.500. The minimum Gasteiger partial charge on any atom is -0.342 e. The summed E-state index contributed by atoms with van der Waals surface area (Å²) in [5.41, 5.74) is -0.0666. The van der Waals surface area contributed by atoms with Crippen molar-refractivity contribution < 1.29 is 4.79 Å². The minimum absolute atomic E-state index is 0.0666. The van der Waals surface area contributed by atoms with E-state index in [9.17, 15) is 9.59 Å². The summed E-state index contributed by atoms with van der Waals surface area (Å²) in [6.45, 7) is 7.70. The molecule has 0 bridgehead atoms. The van der Waals surface area contributed by atoms with Crippen LogP contribution in [0.15, 0.2) is 34.1 Å². The third kappa shape index (κ3) is 3.98. The molecule has 1 atom stereocenters. The lowest BCUT2D eigenvalue weighted by Gasteiger charge is -2.24. The van der Waals surface area contributed by atoms with Crippen LogP contribution in [0.25, 0.3) is 10.2 Å². The lowest BCUT2D eigenvalue weighted by molar-refractivity contribution is -0.130. The Morgan fingerprint density at radius 2 is 2.12 bits per heavy atom. The van der Waals surface area contributed by atoms with Gasteiger partial charge in [0, 0.05) is 19.6 Å². The van der Waals surface area contributed by atoms with Gasteiger partial charge in [0.05, 0.1) is 10.6 Å². The molecule has 25 heavy (non-hydrogen) atoms. The van der Waals surface area contributed by atoms with Crippen molar-refractivity contribution in [2.45, 2.75) is 49.6 Å². The smallest absolute Gasteiger partial charge is 0.263 e. The Morgan fingerprint density at radius 3 is 2.80 bits per heavy atom. The number of likely N-dealkylation sites (tertiary alicyclic amines) is 1. The topological polar surface area (TPSA) is 55.2 Å². The fourth-order valence-electron chi connectivity index (χ4n) is 3.07. The van der Waals surface area contributed by atoms with E-state index >= 15 is 0 Å². The summed E-state index contributed by atoms with van der Waals surface area (Å²) in [6.07, 6.45) is 6.22. The molecule has 5 nitrogen and oxygen atoms in total. The molecule has 1 unspecified atom stereocenters. The standard InChI is InChI=1S/C18H23N3O2S2/c1-3-9-21-17(23)14-8-12-24-15(14)19-18(21)25-13(2)16(22)20-10-6-4-5-7-11-20/h3,8,12-13H,1,4-7,9-11H2,2H3. The molecule has 1 saturated heterocycles. The fourth-order valence-corrected chi connectivity index (χ4v) is 4.87. The molecule has 0 radical (unpaired) electrons. The monoisotopic (exact) mass is 377 g/mol. The maximum atomic E-state index is 12.8. The van der Waals surface area contributed by atoms with Crippen LogP contribution in [0.5, 0.6) is 0 Å². The molecule has 3 rings (SSSR count). The zero-order chi connectivity index (χ0) is 17.8. The second-order valence-corrected chi connectivity index (χ2v) is 8.44. The van der Waals surface area contributed by atoms with Gasteiger partial charge in [0.2, 0.25) is 5.91 Å². The van der Waals surface area contributed by atoms with Crippen molar-refractivity contribution in [2.24, 2.45) is 0 Å². The molecular formula is C18H23N3O2S2. The SMILES string of the molecule is C=CCn1c(SC(C)C(=O)N2CCCCCC2)nc2sccc2c1=O. The number of amides is 1. The van der Waals surface area contributed by atoms with Crippen molar-refractivity contribution in [2.75, 3.05) is 13.1 Å². The molecular weight excluding hydrogens is 354 g/mol. The largest absolute Gasteiger partial charge is 0.342 e. The maximum Gasteiger partial charge on any atom is 0.263 e. The van der Waals surface area contributed by atoms with Crippen molar-refractivity contribution in [1.82, 2.24) is 14.5 Å². The number of rotatable bonds is 5. The Labute approximate surface area is 155 Å². The number of nitrogens with zero attached hydrogens (tertiary/aromatic N) is 3. The summed E-state index contributed by atoms with van der Waals surface area (Å²) >= 11 is 2.82. The summed E-state index contributed by atoms with van der Waals surface area (Å²) < 4.78 is 1.61. The molecule has 0 spiro atoms. The van der Waals surface area contributed by atoms with Crippen LogP contribution in [0.2, 0.25) is 0 Å². The Morgan fingerprint density at radius 1 is 1.40 bits per heavy atom. The third-order valence-corrected chi connectivity index (χ3v) is 6.29. The van der Waals surface area contributed by atoms with Crippen molar-refractivity contribution in [1.29, 1.82) is 0 Å². The van der Waals surface area contributed by atoms with Crippen LogP contribution in [0, 0.1) is 0 Å². The normalized spacial score (nSPS) is 16.6. The van der Waals surface area contributed by atoms with Gasteiger partial charge in [-0.1, -0.05) is 30.7 Å². The van der Waals surface area contributed by atoms with Crippen molar-refractivity contribution in [3.8, 4) is 0 Å². The van der Waals surface area contributed by atoms with Crippen LogP contribution < -0.4 is 5.56 Å². The predicted molar refractivity (Wildman–Crippen MR) is 104 cm³/mol. The first kappa shape index (κ1) is 18.2. The van der Waals surface area contributed by atoms with Crippen molar-refractivity contribution in [3.63, 3.8) is 0 Å². The van der Waals surface area contributed by atoms with E-state index in [-0.39, 0.29) is 16.7 Å². The zero-order valence-electron chi connectivity index (χ0n) is 14.4. The third-order valence-electron chi connectivity index (χ3n) is 4.41. The molecule has 1 aliphatic rings. The number of allylic oxidation sites excluding steroid dienone is 1. The number of aromatic nitrogens is 2. The van der Waals surface area contributed by atoms with E-state index in [2.05, 4.69) is 11.6 Å². The number of thioether (sulfide) groups is 1. The molecule has 1 amide bonds. The van der Waals surface area contributed by atoms with E-state index < -0.39 is 0 Å². The van der Waals surface area contributed by atoms with Gasteiger partial charge in [0.25, 0.3) is 5.56 Å². The molecule has 134 valence electrons. The lowest BCUT2D eigenvalue weighted by Crippen LogP contribution is -2.37. The Bertz CT molecular complexity index is 819. The van der Waals surface area contributed by atoms with Crippen molar-refractivity contribution >= 4 is 39.2 Å². The van der Waals surface area contributed by atoms with Crippen LogP contribution in [0.3, 0.4) is 0 Å². The average Bonchev–Trinajstić information content (AvgIpc) is 2.90. The molecule has 1 aliphatic heterocycles.